The van der Waals surface area contributed by atoms with Crippen LogP contribution in [0.1, 0.15) is 26.7 Å². The first-order valence-electron chi connectivity index (χ1n) is 4.44. The molecular formula is C9H15NO4. The van der Waals surface area contributed by atoms with Gasteiger partial charge in [0.05, 0.1) is 6.04 Å². The van der Waals surface area contributed by atoms with Gasteiger partial charge in [0.1, 0.15) is 6.29 Å². The smallest absolute Gasteiger partial charge is 0.303 e. The highest BCUT2D eigenvalue weighted by Crippen LogP contribution is 1.98. The lowest BCUT2D eigenvalue weighted by atomic mass is 10.1. The van der Waals surface area contributed by atoms with Gasteiger partial charge in [0.15, 0.2) is 0 Å². The second-order valence-electron chi connectivity index (χ2n) is 3.34. The number of carboxylic acids is 1. The van der Waals surface area contributed by atoms with E-state index in [1.807, 2.05) is 0 Å². The maximum atomic E-state index is 11.1. The van der Waals surface area contributed by atoms with Gasteiger partial charge in [0.25, 0.3) is 0 Å². The summed E-state index contributed by atoms with van der Waals surface area (Å²) in [5.74, 6) is -1.43. The molecule has 0 spiro atoms. The Kier molecular flexibility index (Phi) is 5.52. The SMILES string of the molecule is CC(C)C(=O)NC(C=O)CCC(=O)O. The Morgan fingerprint density at radius 3 is 2.36 bits per heavy atom. The summed E-state index contributed by atoms with van der Waals surface area (Å²) >= 11 is 0. The maximum Gasteiger partial charge on any atom is 0.303 e. The van der Waals surface area contributed by atoms with Crippen molar-refractivity contribution in [1.29, 1.82) is 0 Å². The minimum Gasteiger partial charge on any atom is -0.481 e. The summed E-state index contributed by atoms with van der Waals surface area (Å²) in [4.78, 5) is 31.8. The molecule has 0 heterocycles. The van der Waals surface area contributed by atoms with E-state index in [1.165, 1.54) is 0 Å². The molecule has 0 bridgehead atoms. The average Bonchev–Trinajstić information content (AvgIpc) is 2.11. The number of amides is 1. The van der Waals surface area contributed by atoms with Crippen LogP contribution >= 0.6 is 0 Å². The Morgan fingerprint density at radius 2 is 2.00 bits per heavy atom. The number of aliphatic carboxylic acids is 1. The van der Waals surface area contributed by atoms with Crippen LogP contribution in [0, 0.1) is 5.92 Å². The molecule has 2 N–H and O–H groups in total. The molecule has 0 aliphatic carbocycles. The maximum absolute atomic E-state index is 11.1. The highest BCUT2D eigenvalue weighted by atomic mass is 16.4. The second-order valence-corrected chi connectivity index (χ2v) is 3.34. The first kappa shape index (κ1) is 12.6. The molecule has 0 aliphatic heterocycles. The van der Waals surface area contributed by atoms with E-state index in [-0.39, 0.29) is 24.7 Å². The van der Waals surface area contributed by atoms with Crippen molar-refractivity contribution in [1.82, 2.24) is 5.32 Å². The molecule has 0 fully saturated rings. The van der Waals surface area contributed by atoms with Gasteiger partial charge in [0, 0.05) is 12.3 Å². The molecule has 0 saturated heterocycles. The van der Waals surface area contributed by atoms with Crippen LogP contribution in [0.3, 0.4) is 0 Å². The first-order valence-corrected chi connectivity index (χ1v) is 4.44. The minimum absolute atomic E-state index is 0.123. The number of carboxylic acid groups (broad SMARTS) is 1. The van der Waals surface area contributed by atoms with Crippen LogP contribution in [0.2, 0.25) is 0 Å². The molecule has 0 aromatic rings. The Morgan fingerprint density at radius 1 is 1.43 bits per heavy atom. The van der Waals surface area contributed by atoms with Crippen LogP contribution in [0.4, 0.5) is 0 Å². The summed E-state index contributed by atoms with van der Waals surface area (Å²) in [6, 6.07) is -0.694. The standard InChI is InChI=1S/C9H15NO4/c1-6(2)9(14)10-7(5-11)3-4-8(12)13/h5-7H,3-4H2,1-2H3,(H,10,14)(H,12,13). The van der Waals surface area contributed by atoms with E-state index in [0.717, 1.165) is 0 Å². The lowest BCUT2D eigenvalue weighted by Crippen LogP contribution is -2.38. The average molecular weight is 201 g/mol. The van der Waals surface area contributed by atoms with Crippen molar-refractivity contribution in [2.75, 3.05) is 0 Å². The van der Waals surface area contributed by atoms with Crippen LogP contribution in [-0.2, 0) is 14.4 Å². The van der Waals surface area contributed by atoms with Crippen LogP contribution in [-0.4, -0.2) is 29.3 Å². The fraction of sp³-hybridized carbons (Fsp3) is 0.667. The summed E-state index contributed by atoms with van der Waals surface area (Å²) in [7, 11) is 0. The lowest BCUT2D eigenvalue weighted by molar-refractivity contribution is -0.137. The molecule has 0 aliphatic rings. The highest BCUT2D eigenvalue weighted by Gasteiger charge is 2.14. The molecule has 0 aromatic carbocycles. The van der Waals surface area contributed by atoms with Crippen molar-refractivity contribution in [3.05, 3.63) is 0 Å². The van der Waals surface area contributed by atoms with Gasteiger partial charge in [0.2, 0.25) is 5.91 Å². The predicted molar refractivity (Wildman–Crippen MR) is 49.7 cm³/mol. The molecule has 14 heavy (non-hydrogen) atoms. The summed E-state index contributed by atoms with van der Waals surface area (Å²) in [5, 5.41) is 10.8. The Balaban J connectivity index is 3.96. The fourth-order valence-corrected chi connectivity index (χ4v) is 0.803. The van der Waals surface area contributed by atoms with Gasteiger partial charge in [-0.3, -0.25) is 9.59 Å². The summed E-state index contributed by atoms with van der Waals surface area (Å²) in [6.45, 7) is 3.41. The van der Waals surface area contributed by atoms with E-state index in [1.54, 1.807) is 13.8 Å². The molecule has 5 nitrogen and oxygen atoms in total. The predicted octanol–water partition coefficient (Wildman–Crippen LogP) is 0.191. The topological polar surface area (TPSA) is 83.5 Å². The number of hydrogen-bond acceptors (Lipinski definition) is 3. The number of aldehydes is 1. The van der Waals surface area contributed by atoms with Crippen LogP contribution in [0.5, 0.6) is 0 Å². The van der Waals surface area contributed by atoms with E-state index < -0.39 is 12.0 Å². The number of nitrogens with one attached hydrogen (secondary N) is 1. The normalized spacial score (nSPS) is 12.2. The third-order valence-corrected chi connectivity index (χ3v) is 1.69. The molecule has 0 rings (SSSR count). The Hall–Kier alpha value is -1.39. The van der Waals surface area contributed by atoms with E-state index >= 15 is 0 Å². The summed E-state index contributed by atoms with van der Waals surface area (Å²) < 4.78 is 0. The van der Waals surface area contributed by atoms with Gasteiger partial charge >= 0.3 is 5.97 Å². The molecule has 1 unspecified atom stereocenters. The Labute approximate surface area is 82.5 Å². The fourth-order valence-electron chi connectivity index (χ4n) is 0.803. The zero-order valence-corrected chi connectivity index (χ0v) is 8.32. The number of hydrogen-bond donors (Lipinski definition) is 2. The molecule has 1 amide bonds. The zero-order valence-electron chi connectivity index (χ0n) is 8.32. The van der Waals surface area contributed by atoms with Crippen LogP contribution < -0.4 is 5.32 Å². The van der Waals surface area contributed by atoms with Crippen molar-refractivity contribution in [2.24, 2.45) is 5.92 Å². The van der Waals surface area contributed by atoms with Gasteiger partial charge in [-0.2, -0.15) is 0 Å². The summed E-state index contributed by atoms with van der Waals surface area (Å²) in [5.41, 5.74) is 0. The van der Waals surface area contributed by atoms with Crippen molar-refractivity contribution in [3.8, 4) is 0 Å². The number of carbonyl (C=O) groups is 3. The van der Waals surface area contributed by atoms with Gasteiger partial charge < -0.3 is 15.2 Å². The highest BCUT2D eigenvalue weighted by molar-refractivity contribution is 5.81. The molecule has 0 radical (unpaired) electrons. The third kappa shape index (κ3) is 5.29. The molecular weight excluding hydrogens is 186 g/mol. The quantitative estimate of drug-likeness (QED) is 0.601. The van der Waals surface area contributed by atoms with E-state index in [4.69, 9.17) is 5.11 Å². The molecule has 5 heteroatoms. The second kappa shape index (κ2) is 6.12. The third-order valence-electron chi connectivity index (χ3n) is 1.69. The largest absolute Gasteiger partial charge is 0.481 e. The van der Waals surface area contributed by atoms with Gasteiger partial charge in [-0.05, 0) is 6.42 Å². The molecule has 1 atom stereocenters. The van der Waals surface area contributed by atoms with Gasteiger partial charge in [-0.1, -0.05) is 13.8 Å². The van der Waals surface area contributed by atoms with Crippen molar-refractivity contribution in [3.63, 3.8) is 0 Å². The minimum atomic E-state index is -0.976. The van der Waals surface area contributed by atoms with Crippen molar-refractivity contribution in [2.45, 2.75) is 32.7 Å². The monoisotopic (exact) mass is 201 g/mol. The lowest BCUT2D eigenvalue weighted by Gasteiger charge is -2.13. The summed E-state index contributed by atoms with van der Waals surface area (Å²) in [6.07, 6.45) is 0.572. The van der Waals surface area contributed by atoms with Crippen LogP contribution in [0.25, 0.3) is 0 Å². The Bertz CT molecular complexity index is 225. The van der Waals surface area contributed by atoms with E-state index in [2.05, 4.69) is 5.32 Å². The van der Waals surface area contributed by atoms with E-state index in [0.29, 0.717) is 6.29 Å². The van der Waals surface area contributed by atoms with Crippen molar-refractivity contribution >= 4 is 18.2 Å². The van der Waals surface area contributed by atoms with Gasteiger partial charge in [-0.25, -0.2) is 0 Å². The van der Waals surface area contributed by atoms with E-state index in [9.17, 15) is 14.4 Å². The van der Waals surface area contributed by atoms with Gasteiger partial charge in [-0.15, -0.1) is 0 Å². The number of rotatable bonds is 6. The van der Waals surface area contributed by atoms with Crippen LogP contribution in [0.15, 0.2) is 0 Å². The zero-order chi connectivity index (χ0) is 11.1. The number of carbonyl (C=O) groups excluding carboxylic acids is 2. The molecule has 0 saturated carbocycles. The molecule has 0 aromatic heterocycles. The molecule has 80 valence electrons. The van der Waals surface area contributed by atoms with Crippen molar-refractivity contribution < 1.29 is 19.5 Å². The first-order chi connectivity index (χ1) is 6.47.